The summed E-state index contributed by atoms with van der Waals surface area (Å²) < 4.78 is 37.9. The van der Waals surface area contributed by atoms with Gasteiger partial charge >= 0.3 is 6.18 Å². The minimum absolute atomic E-state index is 0.0155. The van der Waals surface area contributed by atoms with Gasteiger partial charge in [-0.05, 0) is 66.6 Å². The molecule has 0 bridgehead atoms. The average Bonchev–Trinajstić information content (AvgIpc) is 3.45. The number of amides is 2. The Morgan fingerprint density at radius 1 is 0.950 bits per heavy atom. The number of nitrogens with one attached hydrogen (secondary N) is 1. The number of halogens is 4. The average molecular weight is 577 g/mol. The largest absolute Gasteiger partial charge is 0.390 e. The predicted octanol–water partition coefficient (Wildman–Crippen LogP) is 6.13. The summed E-state index contributed by atoms with van der Waals surface area (Å²) in [5, 5.41) is 3.53. The highest BCUT2D eigenvalue weighted by Gasteiger charge is 2.29. The summed E-state index contributed by atoms with van der Waals surface area (Å²) in [5.41, 5.74) is 4.03. The maximum absolute atomic E-state index is 13.3. The molecule has 40 heavy (non-hydrogen) atoms. The lowest BCUT2D eigenvalue weighted by Crippen LogP contribution is -2.47. The molecule has 0 unspecified atom stereocenters. The molecule has 1 saturated heterocycles. The zero-order valence-corrected chi connectivity index (χ0v) is 23.4. The van der Waals surface area contributed by atoms with E-state index in [1.165, 1.54) is 12.8 Å². The Bertz CT molecular complexity index is 1220. The van der Waals surface area contributed by atoms with Gasteiger partial charge in [0.05, 0.1) is 17.8 Å². The van der Waals surface area contributed by atoms with Gasteiger partial charge in [-0.3, -0.25) is 14.5 Å². The van der Waals surface area contributed by atoms with E-state index in [0.29, 0.717) is 67.9 Å². The first-order chi connectivity index (χ1) is 19.1. The number of carbonyl (C=O) groups is 2. The lowest BCUT2D eigenvalue weighted by atomic mass is 9.96. The number of nitrogens with zero attached hydrogens (tertiary/aromatic N) is 3. The number of hydrogen-bond donors (Lipinski definition) is 1. The van der Waals surface area contributed by atoms with Crippen molar-refractivity contribution in [1.82, 2.24) is 9.80 Å². The summed E-state index contributed by atoms with van der Waals surface area (Å²) in [7, 11) is 0. The standard InChI is InChI=1S/C30H36ClF3N4O2/c31-25-7-8-26(27(19-25)37-15-13-36(14-16-37)12-10-30(32,33)34)35-29(40)23-6-5-22-9-11-38(20-24(22)18-23)28(39)17-21-3-1-2-4-21/h5-8,18-19,21H,1-4,9-17,20H2,(H,35,40). The number of fused-ring (bicyclic) bond motifs is 1. The van der Waals surface area contributed by atoms with Crippen molar-refractivity contribution in [3.8, 4) is 0 Å². The second-order valence-corrected chi connectivity index (χ2v) is 11.6. The Labute approximate surface area is 238 Å². The number of piperazine rings is 1. The summed E-state index contributed by atoms with van der Waals surface area (Å²) in [6.45, 7) is 3.27. The van der Waals surface area contributed by atoms with Crippen LogP contribution in [0.2, 0.25) is 5.02 Å². The molecule has 2 aliphatic heterocycles. The molecule has 2 aromatic carbocycles. The van der Waals surface area contributed by atoms with E-state index in [0.717, 1.165) is 36.1 Å². The smallest absolute Gasteiger partial charge is 0.367 e. The van der Waals surface area contributed by atoms with Crippen LogP contribution < -0.4 is 10.2 Å². The second-order valence-electron chi connectivity index (χ2n) is 11.2. The molecule has 6 nitrogen and oxygen atoms in total. The van der Waals surface area contributed by atoms with Crippen LogP contribution in [0.3, 0.4) is 0 Å². The summed E-state index contributed by atoms with van der Waals surface area (Å²) in [6, 6.07) is 10.9. The summed E-state index contributed by atoms with van der Waals surface area (Å²) in [5.74, 6) is 0.448. The molecule has 1 saturated carbocycles. The number of anilines is 2. The lowest BCUT2D eigenvalue weighted by Gasteiger charge is -2.37. The fourth-order valence-corrected chi connectivity index (χ4v) is 6.23. The van der Waals surface area contributed by atoms with Gasteiger partial charge in [0, 0.05) is 62.8 Å². The van der Waals surface area contributed by atoms with Crippen LogP contribution in [0.5, 0.6) is 0 Å². The Kier molecular flexibility index (Phi) is 8.90. The maximum atomic E-state index is 13.3. The molecule has 10 heteroatoms. The molecular formula is C30H36ClF3N4O2. The van der Waals surface area contributed by atoms with Crippen LogP contribution in [-0.2, 0) is 17.8 Å². The molecular weight excluding hydrogens is 541 g/mol. The SMILES string of the molecule is O=C(Nc1ccc(Cl)cc1N1CCN(CCC(F)(F)F)CC1)c1ccc2c(c1)CN(C(=O)CC1CCCC1)CC2. The van der Waals surface area contributed by atoms with E-state index in [4.69, 9.17) is 11.6 Å². The van der Waals surface area contributed by atoms with Crippen LogP contribution in [0.15, 0.2) is 36.4 Å². The summed E-state index contributed by atoms with van der Waals surface area (Å²) >= 11 is 6.28. The monoisotopic (exact) mass is 576 g/mol. The molecule has 5 rings (SSSR count). The molecule has 2 fully saturated rings. The molecule has 216 valence electrons. The van der Waals surface area contributed by atoms with Crippen LogP contribution in [0, 0.1) is 5.92 Å². The molecule has 2 amide bonds. The van der Waals surface area contributed by atoms with Gasteiger partial charge in [-0.25, -0.2) is 0 Å². The Morgan fingerprint density at radius 3 is 2.42 bits per heavy atom. The minimum Gasteiger partial charge on any atom is -0.367 e. The normalized spacial score (nSPS) is 18.6. The van der Waals surface area contributed by atoms with E-state index in [9.17, 15) is 22.8 Å². The van der Waals surface area contributed by atoms with Gasteiger partial charge in [0.1, 0.15) is 0 Å². The van der Waals surface area contributed by atoms with Gasteiger partial charge in [-0.1, -0.05) is 30.5 Å². The molecule has 0 spiro atoms. The van der Waals surface area contributed by atoms with Crippen molar-refractivity contribution in [1.29, 1.82) is 0 Å². The minimum atomic E-state index is -4.17. The Morgan fingerprint density at radius 2 is 1.70 bits per heavy atom. The quantitative estimate of drug-likeness (QED) is 0.431. The Hall–Kier alpha value is -2.78. The third-order valence-corrected chi connectivity index (χ3v) is 8.64. The molecule has 1 aliphatic carbocycles. The van der Waals surface area contributed by atoms with E-state index in [1.54, 1.807) is 18.2 Å². The molecule has 0 aromatic heterocycles. The highest BCUT2D eigenvalue weighted by Crippen LogP contribution is 2.32. The van der Waals surface area contributed by atoms with Gasteiger partial charge in [-0.2, -0.15) is 13.2 Å². The van der Waals surface area contributed by atoms with E-state index < -0.39 is 12.6 Å². The van der Waals surface area contributed by atoms with Gasteiger partial charge < -0.3 is 15.1 Å². The number of rotatable bonds is 7. The van der Waals surface area contributed by atoms with Crippen molar-refractivity contribution in [2.24, 2.45) is 5.92 Å². The second kappa shape index (κ2) is 12.4. The molecule has 2 aromatic rings. The van der Waals surface area contributed by atoms with Crippen LogP contribution in [0.1, 0.15) is 60.0 Å². The molecule has 2 heterocycles. The molecule has 1 N–H and O–H groups in total. The third-order valence-electron chi connectivity index (χ3n) is 8.40. The van der Waals surface area contributed by atoms with Gasteiger partial charge in [0.2, 0.25) is 5.91 Å². The van der Waals surface area contributed by atoms with Crippen molar-refractivity contribution < 1.29 is 22.8 Å². The lowest BCUT2D eigenvalue weighted by molar-refractivity contribution is -0.138. The van der Waals surface area contributed by atoms with Gasteiger partial charge in [0.15, 0.2) is 0 Å². The van der Waals surface area contributed by atoms with Crippen molar-refractivity contribution in [3.05, 3.63) is 58.1 Å². The van der Waals surface area contributed by atoms with E-state index in [-0.39, 0.29) is 18.4 Å². The van der Waals surface area contributed by atoms with Crippen molar-refractivity contribution >= 4 is 34.8 Å². The highest BCUT2D eigenvalue weighted by atomic mass is 35.5. The summed E-state index contributed by atoms with van der Waals surface area (Å²) in [6.07, 6.45) is 1.12. The molecule has 0 atom stereocenters. The molecule has 3 aliphatic rings. The van der Waals surface area contributed by atoms with Crippen molar-refractivity contribution in [2.75, 3.05) is 49.5 Å². The van der Waals surface area contributed by atoms with Crippen LogP contribution in [0.4, 0.5) is 24.5 Å². The number of carbonyl (C=O) groups excluding carboxylic acids is 2. The van der Waals surface area contributed by atoms with E-state index >= 15 is 0 Å². The highest BCUT2D eigenvalue weighted by molar-refractivity contribution is 6.31. The number of alkyl halides is 3. The zero-order valence-electron chi connectivity index (χ0n) is 22.6. The topological polar surface area (TPSA) is 55.9 Å². The zero-order chi connectivity index (χ0) is 28.3. The fourth-order valence-electron chi connectivity index (χ4n) is 6.07. The number of benzene rings is 2. The Balaban J connectivity index is 1.23. The van der Waals surface area contributed by atoms with Crippen LogP contribution in [0.25, 0.3) is 0 Å². The fraction of sp³-hybridized carbons (Fsp3) is 0.533. The van der Waals surface area contributed by atoms with Gasteiger partial charge in [-0.15, -0.1) is 0 Å². The first-order valence-corrected chi connectivity index (χ1v) is 14.6. The van der Waals surface area contributed by atoms with E-state index in [1.807, 2.05) is 32.9 Å². The van der Waals surface area contributed by atoms with Crippen LogP contribution >= 0.6 is 11.6 Å². The third kappa shape index (κ3) is 7.29. The number of hydrogen-bond acceptors (Lipinski definition) is 4. The van der Waals surface area contributed by atoms with Crippen molar-refractivity contribution in [3.63, 3.8) is 0 Å². The first-order valence-electron chi connectivity index (χ1n) is 14.2. The van der Waals surface area contributed by atoms with Crippen LogP contribution in [-0.4, -0.2) is 67.1 Å². The van der Waals surface area contributed by atoms with Crippen molar-refractivity contribution in [2.45, 2.75) is 57.7 Å². The predicted molar refractivity (Wildman–Crippen MR) is 151 cm³/mol. The molecule has 0 radical (unpaired) electrons. The maximum Gasteiger partial charge on any atom is 0.390 e. The van der Waals surface area contributed by atoms with Gasteiger partial charge in [0.25, 0.3) is 5.91 Å². The van der Waals surface area contributed by atoms with E-state index in [2.05, 4.69) is 5.32 Å². The first kappa shape index (κ1) is 28.7. The summed E-state index contributed by atoms with van der Waals surface area (Å²) in [4.78, 5) is 32.0.